The number of anilines is 1. The van der Waals surface area contributed by atoms with Gasteiger partial charge in [-0.25, -0.2) is 4.79 Å². The van der Waals surface area contributed by atoms with Crippen molar-refractivity contribution in [3.05, 3.63) is 73.8 Å². The lowest BCUT2D eigenvalue weighted by Gasteiger charge is -2.22. The van der Waals surface area contributed by atoms with E-state index in [4.69, 9.17) is 32.7 Å². The average Bonchev–Trinajstić information content (AvgIpc) is 3.13. The number of aryl methyl sites for hydroxylation is 1. The maximum absolute atomic E-state index is 12.3. The van der Waals surface area contributed by atoms with E-state index in [1.807, 2.05) is 41.9 Å². The number of nitrogens with one attached hydrogen (secondary N) is 2. The molecule has 0 aliphatic carbocycles. The van der Waals surface area contributed by atoms with Crippen LogP contribution < -0.4 is 15.4 Å². The highest BCUT2D eigenvalue weighted by molar-refractivity contribution is 9.10. The summed E-state index contributed by atoms with van der Waals surface area (Å²) in [5.41, 5.74) is 2.66. The van der Waals surface area contributed by atoms with Crippen LogP contribution in [0, 0.1) is 6.92 Å². The summed E-state index contributed by atoms with van der Waals surface area (Å²) in [5, 5.41) is 11.7. The molecule has 1 aliphatic heterocycles. The van der Waals surface area contributed by atoms with E-state index in [0.29, 0.717) is 34.8 Å². The van der Waals surface area contributed by atoms with E-state index in [2.05, 4.69) is 31.7 Å². The molecule has 7 nitrogen and oxygen atoms in total. The highest BCUT2D eigenvalue weighted by Gasteiger charge is 2.18. The molecule has 2 N–H and O–H groups in total. The number of hydrogen-bond acceptors (Lipinski definition) is 5. The summed E-state index contributed by atoms with van der Waals surface area (Å²) in [7, 11) is 0. The zero-order chi connectivity index (χ0) is 24.1. The summed E-state index contributed by atoms with van der Waals surface area (Å²) >= 11 is 15.8. The quantitative estimate of drug-likeness (QED) is 0.356. The molecule has 1 fully saturated rings. The number of benzene rings is 2. The molecule has 1 amide bonds. The van der Waals surface area contributed by atoms with Crippen LogP contribution in [0.5, 0.6) is 5.75 Å². The maximum atomic E-state index is 12.3. The van der Waals surface area contributed by atoms with Crippen molar-refractivity contribution in [3.8, 4) is 5.75 Å². The first-order chi connectivity index (χ1) is 16.4. The Labute approximate surface area is 216 Å². The van der Waals surface area contributed by atoms with Crippen LogP contribution in [0.15, 0.2) is 46.9 Å². The van der Waals surface area contributed by atoms with E-state index in [0.717, 1.165) is 47.2 Å². The predicted molar refractivity (Wildman–Crippen MR) is 137 cm³/mol. The molecule has 0 atom stereocenters. The lowest BCUT2D eigenvalue weighted by molar-refractivity contribution is 0.0908. The van der Waals surface area contributed by atoms with Crippen LogP contribution in [0.1, 0.15) is 29.7 Å². The van der Waals surface area contributed by atoms with Crippen molar-refractivity contribution in [1.29, 1.82) is 0 Å². The van der Waals surface area contributed by atoms with Gasteiger partial charge in [0.1, 0.15) is 18.5 Å². The van der Waals surface area contributed by atoms with Gasteiger partial charge in [-0.15, -0.1) is 0 Å². The molecule has 3 aromatic rings. The van der Waals surface area contributed by atoms with Crippen LogP contribution in [0.4, 0.5) is 10.6 Å². The number of halogens is 3. The van der Waals surface area contributed by atoms with Crippen molar-refractivity contribution in [1.82, 2.24) is 15.1 Å². The van der Waals surface area contributed by atoms with Crippen LogP contribution >= 0.6 is 39.1 Å². The fourth-order valence-corrected chi connectivity index (χ4v) is 4.57. The van der Waals surface area contributed by atoms with Crippen molar-refractivity contribution in [3.63, 3.8) is 0 Å². The number of piperidine rings is 1. The van der Waals surface area contributed by atoms with E-state index in [9.17, 15) is 4.79 Å². The Morgan fingerprint density at radius 2 is 1.97 bits per heavy atom. The maximum Gasteiger partial charge on any atom is 0.413 e. The second-order valence-corrected chi connectivity index (χ2v) is 9.84. The Morgan fingerprint density at radius 1 is 1.18 bits per heavy atom. The highest BCUT2D eigenvalue weighted by Crippen LogP contribution is 2.28. The molecule has 0 radical (unpaired) electrons. The number of amides is 1. The first-order valence-corrected chi connectivity index (χ1v) is 12.5. The fourth-order valence-electron chi connectivity index (χ4n) is 3.70. The SMILES string of the molecule is Cc1cc(NC(=O)OC2CCNCC2)nn1Cc1cc(Br)ccc1OCc1ccc(Cl)cc1Cl. The van der Waals surface area contributed by atoms with E-state index in [1.165, 1.54) is 0 Å². The Bertz CT molecular complexity index is 1170. The molecular weight excluding hydrogens is 543 g/mol. The van der Waals surface area contributed by atoms with Gasteiger partial charge in [0.25, 0.3) is 0 Å². The summed E-state index contributed by atoms with van der Waals surface area (Å²) in [5.74, 6) is 1.16. The Kier molecular flexibility index (Phi) is 8.37. The van der Waals surface area contributed by atoms with Crippen molar-refractivity contribution in [2.24, 2.45) is 0 Å². The normalized spacial score (nSPS) is 14.1. The van der Waals surface area contributed by atoms with Gasteiger partial charge in [0.2, 0.25) is 0 Å². The van der Waals surface area contributed by atoms with Crippen molar-refractivity contribution >= 4 is 51.0 Å². The molecule has 180 valence electrons. The van der Waals surface area contributed by atoms with Gasteiger partial charge in [0.15, 0.2) is 5.82 Å². The zero-order valence-electron chi connectivity index (χ0n) is 18.6. The minimum atomic E-state index is -0.483. The standard InChI is InChI=1S/C24H25BrCl2N4O3/c1-15-10-23(29-24(32)34-20-6-8-28-9-7-20)30-31(15)13-17-11-18(25)3-5-22(17)33-14-16-2-4-19(26)12-21(16)27/h2-5,10-12,20,28H,6-9,13-14H2,1H3,(H,29,30,32). The van der Waals surface area contributed by atoms with Gasteiger partial charge in [0.05, 0.1) is 6.54 Å². The molecule has 1 aromatic heterocycles. The van der Waals surface area contributed by atoms with Crippen molar-refractivity contribution < 1.29 is 14.3 Å². The molecule has 2 aromatic carbocycles. The molecule has 34 heavy (non-hydrogen) atoms. The lowest BCUT2D eigenvalue weighted by Crippen LogP contribution is -2.34. The highest BCUT2D eigenvalue weighted by atomic mass is 79.9. The second kappa shape index (κ2) is 11.4. The van der Waals surface area contributed by atoms with Crippen molar-refractivity contribution in [2.75, 3.05) is 18.4 Å². The number of rotatable bonds is 7. The molecule has 0 unspecified atom stereocenters. The van der Waals surface area contributed by atoms with Gasteiger partial charge < -0.3 is 14.8 Å². The number of aromatic nitrogens is 2. The number of hydrogen-bond donors (Lipinski definition) is 2. The summed E-state index contributed by atoms with van der Waals surface area (Å²) in [6, 6.07) is 12.9. The number of carbonyl (C=O) groups excluding carboxylic acids is 1. The number of nitrogens with zero attached hydrogens (tertiary/aromatic N) is 2. The summed E-state index contributed by atoms with van der Waals surface area (Å²) < 4.78 is 14.3. The summed E-state index contributed by atoms with van der Waals surface area (Å²) in [4.78, 5) is 12.3. The van der Waals surface area contributed by atoms with E-state index < -0.39 is 6.09 Å². The van der Waals surface area contributed by atoms with Crippen LogP contribution in [0.3, 0.4) is 0 Å². The Hall–Kier alpha value is -2.26. The topological polar surface area (TPSA) is 77.4 Å². The van der Waals surface area contributed by atoms with Gasteiger partial charge in [-0.1, -0.05) is 45.2 Å². The largest absolute Gasteiger partial charge is 0.488 e. The number of carbonyl (C=O) groups is 1. The van der Waals surface area contributed by atoms with Crippen LogP contribution in [-0.2, 0) is 17.9 Å². The first kappa shape index (κ1) is 24.9. The second-order valence-electron chi connectivity index (χ2n) is 8.08. The molecule has 1 saturated heterocycles. The van der Waals surface area contributed by atoms with Gasteiger partial charge in [-0.2, -0.15) is 5.10 Å². The van der Waals surface area contributed by atoms with E-state index in [1.54, 1.807) is 12.1 Å². The molecule has 1 aliphatic rings. The minimum Gasteiger partial charge on any atom is -0.488 e. The van der Waals surface area contributed by atoms with Gasteiger partial charge in [0, 0.05) is 37.4 Å². The molecule has 2 heterocycles. The van der Waals surface area contributed by atoms with Crippen LogP contribution in [0.2, 0.25) is 10.0 Å². The Balaban J connectivity index is 1.43. The fraction of sp³-hybridized carbons (Fsp3) is 0.333. The third-order valence-corrected chi connectivity index (χ3v) is 6.59. The molecule has 0 saturated carbocycles. The molecule has 10 heteroatoms. The smallest absolute Gasteiger partial charge is 0.413 e. The first-order valence-electron chi connectivity index (χ1n) is 11.0. The predicted octanol–water partition coefficient (Wildman–Crippen LogP) is 6.19. The lowest BCUT2D eigenvalue weighted by atomic mass is 10.1. The van der Waals surface area contributed by atoms with E-state index >= 15 is 0 Å². The molecule has 0 spiro atoms. The average molecular weight is 568 g/mol. The molecule has 0 bridgehead atoms. The third kappa shape index (κ3) is 6.66. The zero-order valence-corrected chi connectivity index (χ0v) is 21.7. The van der Waals surface area contributed by atoms with Crippen LogP contribution in [0.25, 0.3) is 0 Å². The Morgan fingerprint density at radius 3 is 2.74 bits per heavy atom. The summed E-state index contributed by atoms with van der Waals surface area (Å²) in [6.45, 7) is 4.40. The van der Waals surface area contributed by atoms with Gasteiger partial charge in [-0.3, -0.25) is 10.00 Å². The van der Waals surface area contributed by atoms with Gasteiger partial charge in [-0.05, 0) is 63.2 Å². The third-order valence-electron chi connectivity index (χ3n) is 5.51. The van der Waals surface area contributed by atoms with Crippen LogP contribution in [-0.4, -0.2) is 35.1 Å². The number of ether oxygens (including phenoxy) is 2. The molecular formula is C24H25BrCl2N4O3. The monoisotopic (exact) mass is 566 g/mol. The minimum absolute atomic E-state index is 0.0695. The summed E-state index contributed by atoms with van der Waals surface area (Å²) in [6.07, 6.45) is 1.07. The van der Waals surface area contributed by atoms with Crippen molar-refractivity contribution in [2.45, 2.75) is 39.0 Å². The van der Waals surface area contributed by atoms with E-state index in [-0.39, 0.29) is 6.10 Å². The molecule has 4 rings (SSSR count). The van der Waals surface area contributed by atoms with Gasteiger partial charge >= 0.3 is 6.09 Å².